The normalized spacial score (nSPS) is 13.8. The van der Waals surface area contributed by atoms with Gasteiger partial charge in [0, 0.05) is 6.42 Å². The van der Waals surface area contributed by atoms with Crippen molar-refractivity contribution in [3.05, 3.63) is 53.1 Å². The average molecular weight is 331 g/mol. The van der Waals surface area contributed by atoms with E-state index >= 15 is 0 Å². The molecule has 0 amide bonds. The molecule has 0 bridgehead atoms. The smallest absolute Gasteiger partial charge is 0.119 e. The van der Waals surface area contributed by atoms with Gasteiger partial charge in [-0.25, -0.2) is 0 Å². The van der Waals surface area contributed by atoms with Gasteiger partial charge < -0.3 is 10.2 Å². The Morgan fingerprint density at radius 1 is 1.25 bits per heavy atom. The predicted octanol–water partition coefficient (Wildman–Crippen LogP) is 5.63. The SMILES string of the molecule is C=CCC/C(C)=C/CCC(C)(C)C(O)Cc1c(C)cc(C)cc1O. The van der Waals surface area contributed by atoms with Crippen LogP contribution in [0, 0.1) is 19.3 Å². The van der Waals surface area contributed by atoms with Crippen molar-refractivity contribution in [3.8, 4) is 5.75 Å². The Kier molecular flexibility index (Phi) is 7.75. The first kappa shape index (κ1) is 20.5. The highest BCUT2D eigenvalue weighted by atomic mass is 16.3. The molecule has 2 nitrogen and oxygen atoms in total. The number of hydrogen-bond acceptors (Lipinski definition) is 2. The van der Waals surface area contributed by atoms with E-state index in [-0.39, 0.29) is 5.41 Å². The number of aromatic hydroxyl groups is 1. The minimum atomic E-state index is -0.480. The molecular formula is C22H34O2. The van der Waals surface area contributed by atoms with E-state index in [1.54, 1.807) is 6.07 Å². The van der Waals surface area contributed by atoms with Crippen LogP contribution in [0.2, 0.25) is 0 Å². The first-order chi connectivity index (χ1) is 11.2. The molecule has 1 aromatic rings. The van der Waals surface area contributed by atoms with E-state index in [0.29, 0.717) is 12.2 Å². The van der Waals surface area contributed by atoms with Crippen molar-refractivity contribution in [2.75, 3.05) is 0 Å². The predicted molar refractivity (Wildman–Crippen MR) is 103 cm³/mol. The number of aliphatic hydroxyl groups is 1. The third-order valence-electron chi connectivity index (χ3n) is 4.92. The fraction of sp³-hybridized carbons (Fsp3) is 0.545. The van der Waals surface area contributed by atoms with Crippen LogP contribution >= 0.6 is 0 Å². The fourth-order valence-corrected chi connectivity index (χ4v) is 3.00. The van der Waals surface area contributed by atoms with Crippen molar-refractivity contribution in [1.82, 2.24) is 0 Å². The quantitative estimate of drug-likeness (QED) is 0.576. The van der Waals surface area contributed by atoms with E-state index in [1.165, 1.54) is 5.57 Å². The van der Waals surface area contributed by atoms with Gasteiger partial charge in [-0.2, -0.15) is 0 Å². The number of phenolic OH excluding ortho intramolecular Hbond substituents is 1. The zero-order valence-corrected chi connectivity index (χ0v) is 16.0. The summed E-state index contributed by atoms with van der Waals surface area (Å²) in [6, 6.07) is 3.83. The molecule has 1 rings (SSSR count). The lowest BCUT2D eigenvalue weighted by Crippen LogP contribution is -2.31. The number of hydrogen-bond donors (Lipinski definition) is 2. The molecule has 1 aromatic carbocycles. The minimum absolute atomic E-state index is 0.195. The van der Waals surface area contributed by atoms with Crippen molar-refractivity contribution in [2.24, 2.45) is 5.41 Å². The summed E-state index contributed by atoms with van der Waals surface area (Å²) >= 11 is 0. The number of allylic oxidation sites excluding steroid dienone is 3. The Bertz CT molecular complexity index is 559. The number of benzene rings is 1. The molecule has 0 aliphatic carbocycles. The van der Waals surface area contributed by atoms with E-state index in [2.05, 4.69) is 39.5 Å². The summed E-state index contributed by atoms with van der Waals surface area (Å²) in [4.78, 5) is 0. The van der Waals surface area contributed by atoms with Crippen molar-refractivity contribution in [1.29, 1.82) is 0 Å². The molecule has 1 atom stereocenters. The lowest BCUT2D eigenvalue weighted by molar-refractivity contribution is 0.0446. The molecule has 0 saturated carbocycles. The lowest BCUT2D eigenvalue weighted by Gasteiger charge is -2.31. The molecule has 2 N–H and O–H groups in total. The summed E-state index contributed by atoms with van der Waals surface area (Å²) in [5, 5.41) is 20.9. The monoisotopic (exact) mass is 330 g/mol. The third kappa shape index (κ3) is 6.16. The van der Waals surface area contributed by atoms with Gasteiger partial charge in [0.05, 0.1) is 6.10 Å². The molecule has 0 aliphatic rings. The third-order valence-corrected chi connectivity index (χ3v) is 4.92. The second kappa shape index (κ2) is 9.08. The molecule has 0 saturated heterocycles. The maximum atomic E-state index is 10.7. The van der Waals surface area contributed by atoms with Crippen LogP contribution in [0.25, 0.3) is 0 Å². The van der Waals surface area contributed by atoms with E-state index < -0.39 is 6.10 Å². The number of phenols is 1. The van der Waals surface area contributed by atoms with Gasteiger partial charge >= 0.3 is 0 Å². The van der Waals surface area contributed by atoms with Crippen LogP contribution in [0.15, 0.2) is 36.4 Å². The Morgan fingerprint density at radius 2 is 1.92 bits per heavy atom. The number of rotatable bonds is 9. The zero-order chi connectivity index (χ0) is 18.3. The highest BCUT2D eigenvalue weighted by Crippen LogP contribution is 2.33. The molecular weight excluding hydrogens is 296 g/mol. The first-order valence-electron chi connectivity index (χ1n) is 8.91. The van der Waals surface area contributed by atoms with Gasteiger partial charge in [0.2, 0.25) is 0 Å². The van der Waals surface area contributed by atoms with Crippen LogP contribution < -0.4 is 0 Å². The second-order valence-electron chi connectivity index (χ2n) is 7.70. The molecule has 2 heteroatoms. The van der Waals surface area contributed by atoms with Gasteiger partial charge in [0.1, 0.15) is 5.75 Å². The van der Waals surface area contributed by atoms with Gasteiger partial charge in [-0.3, -0.25) is 0 Å². The van der Waals surface area contributed by atoms with Gasteiger partial charge in [-0.15, -0.1) is 6.58 Å². The Balaban J connectivity index is 2.69. The summed E-state index contributed by atoms with van der Waals surface area (Å²) < 4.78 is 0. The molecule has 134 valence electrons. The molecule has 0 aliphatic heterocycles. The Hall–Kier alpha value is -1.54. The molecule has 0 spiro atoms. The Morgan fingerprint density at radius 3 is 2.50 bits per heavy atom. The highest BCUT2D eigenvalue weighted by molar-refractivity contribution is 5.42. The van der Waals surface area contributed by atoms with Crippen molar-refractivity contribution >= 4 is 0 Å². The molecule has 1 unspecified atom stereocenters. The number of aryl methyl sites for hydroxylation is 2. The van der Waals surface area contributed by atoms with Gasteiger partial charge in [-0.1, -0.05) is 37.6 Å². The van der Waals surface area contributed by atoms with Crippen LogP contribution in [0.5, 0.6) is 5.75 Å². The minimum Gasteiger partial charge on any atom is -0.508 e. The van der Waals surface area contributed by atoms with Crippen LogP contribution in [0.4, 0.5) is 0 Å². The maximum absolute atomic E-state index is 10.7. The molecule has 0 heterocycles. The van der Waals surface area contributed by atoms with E-state index in [9.17, 15) is 10.2 Å². The number of aliphatic hydroxyl groups excluding tert-OH is 1. The first-order valence-corrected chi connectivity index (χ1v) is 8.91. The van der Waals surface area contributed by atoms with E-state index in [0.717, 1.165) is 42.4 Å². The summed E-state index contributed by atoms with van der Waals surface area (Å²) in [6.45, 7) is 14.1. The summed E-state index contributed by atoms with van der Waals surface area (Å²) in [5.74, 6) is 0.294. The fourth-order valence-electron chi connectivity index (χ4n) is 3.00. The second-order valence-corrected chi connectivity index (χ2v) is 7.70. The largest absolute Gasteiger partial charge is 0.508 e. The average Bonchev–Trinajstić information content (AvgIpc) is 2.48. The summed E-state index contributed by atoms with van der Waals surface area (Å²) in [5.41, 5.74) is 4.13. The summed E-state index contributed by atoms with van der Waals surface area (Å²) in [6.07, 6.45) is 8.19. The van der Waals surface area contributed by atoms with Crippen molar-refractivity contribution in [2.45, 2.75) is 72.8 Å². The van der Waals surface area contributed by atoms with Crippen molar-refractivity contribution in [3.63, 3.8) is 0 Å². The topological polar surface area (TPSA) is 40.5 Å². The molecule has 0 radical (unpaired) electrons. The van der Waals surface area contributed by atoms with Gasteiger partial charge in [-0.05, 0) is 74.6 Å². The standard InChI is InChI=1S/C22H34O2/c1-7-8-10-16(2)11-9-12-22(5,6)21(24)15-19-18(4)13-17(3)14-20(19)23/h7,11,13-14,21,23-24H,1,8-10,12,15H2,2-6H3/b16-11+. The van der Waals surface area contributed by atoms with Crippen LogP contribution in [0.3, 0.4) is 0 Å². The lowest BCUT2D eigenvalue weighted by atomic mass is 9.78. The van der Waals surface area contributed by atoms with Crippen LogP contribution in [0.1, 0.15) is 63.1 Å². The molecule has 0 fully saturated rings. The maximum Gasteiger partial charge on any atom is 0.119 e. The highest BCUT2D eigenvalue weighted by Gasteiger charge is 2.28. The zero-order valence-electron chi connectivity index (χ0n) is 16.0. The van der Waals surface area contributed by atoms with Crippen LogP contribution in [-0.4, -0.2) is 16.3 Å². The molecule has 0 aromatic heterocycles. The van der Waals surface area contributed by atoms with Gasteiger partial charge in [0.15, 0.2) is 0 Å². The van der Waals surface area contributed by atoms with Crippen molar-refractivity contribution < 1.29 is 10.2 Å². The molecule has 24 heavy (non-hydrogen) atoms. The van der Waals surface area contributed by atoms with Crippen LogP contribution in [-0.2, 0) is 6.42 Å². The Labute approximate surface area is 147 Å². The van der Waals surface area contributed by atoms with E-state index in [4.69, 9.17) is 0 Å². The van der Waals surface area contributed by atoms with Gasteiger partial charge in [0.25, 0.3) is 0 Å². The van der Waals surface area contributed by atoms with E-state index in [1.807, 2.05) is 19.9 Å². The summed E-state index contributed by atoms with van der Waals surface area (Å²) in [7, 11) is 0.